The zero-order valence-electron chi connectivity index (χ0n) is 19.3. The topological polar surface area (TPSA) is 72.4 Å². The standard InChI is InChI=1S/C26H29F4N3O2/c27-20-15-18(33-11-9-25(10-12-33)7-5-16(6-8-25)13-23(34)35)2-3-19(20)24-31-21-4-1-17(26(28,29)30)14-22(21)32-24/h1-4,14-16,23,34-35H,5-13H2,(H,31,32). The first-order chi connectivity index (χ1) is 16.6. The maximum absolute atomic E-state index is 15.1. The molecule has 35 heavy (non-hydrogen) atoms. The van der Waals surface area contributed by atoms with E-state index in [0.717, 1.165) is 69.4 Å². The van der Waals surface area contributed by atoms with Gasteiger partial charge in [-0.1, -0.05) is 0 Å². The predicted octanol–water partition coefficient (Wildman–Crippen LogP) is 5.87. The van der Waals surface area contributed by atoms with Crippen molar-refractivity contribution in [2.45, 2.75) is 57.4 Å². The summed E-state index contributed by atoms with van der Waals surface area (Å²) in [6.45, 7) is 1.66. The van der Waals surface area contributed by atoms with Crippen LogP contribution in [0.5, 0.6) is 0 Å². The molecule has 5 nitrogen and oxygen atoms in total. The van der Waals surface area contributed by atoms with Crippen LogP contribution in [-0.2, 0) is 6.18 Å². The zero-order chi connectivity index (χ0) is 24.8. The molecular weight excluding hydrogens is 462 g/mol. The number of nitrogens with one attached hydrogen (secondary N) is 1. The molecule has 1 aliphatic heterocycles. The van der Waals surface area contributed by atoms with Crippen LogP contribution in [0.2, 0.25) is 0 Å². The molecule has 3 N–H and O–H groups in total. The molecule has 3 aromatic rings. The van der Waals surface area contributed by atoms with E-state index < -0.39 is 23.8 Å². The quantitative estimate of drug-likeness (QED) is 0.316. The number of hydrogen-bond acceptors (Lipinski definition) is 4. The van der Waals surface area contributed by atoms with E-state index in [1.54, 1.807) is 6.07 Å². The van der Waals surface area contributed by atoms with E-state index in [0.29, 0.717) is 17.9 Å². The molecule has 0 unspecified atom stereocenters. The first-order valence-electron chi connectivity index (χ1n) is 12.1. The maximum atomic E-state index is 15.1. The molecule has 2 fully saturated rings. The average Bonchev–Trinajstić information content (AvgIpc) is 3.23. The van der Waals surface area contributed by atoms with Gasteiger partial charge in [-0.2, -0.15) is 13.2 Å². The minimum atomic E-state index is -4.46. The van der Waals surface area contributed by atoms with Crippen molar-refractivity contribution in [2.75, 3.05) is 18.0 Å². The second kappa shape index (κ2) is 9.09. The van der Waals surface area contributed by atoms with Gasteiger partial charge in [0, 0.05) is 25.2 Å². The molecule has 1 aliphatic carbocycles. The van der Waals surface area contributed by atoms with Gasteiger partial charge < -0.3 is 20.1 Å². The van der Waals surface area contributed by atoms with Crippen molar-refractivity contribution in [1.29, 1.82) is 0 Å². The first kappa shape index (κ1) is 24.1. The molecule has 188 valence electrons. The van der Waals surface area contributed by atoms with Gasteiger partial charge in [0.2, 0.25) is 0 Å². The number of aliphatic hydroxyl groups is 2. The molecule has 1 aromatic heterocycles. The fraction of sp³-hybridized carbons (Fsp3) is 0.500. The Hall–Kier alpha value is -2.65. The van der Waals surface area contributed by atoms with Gasteiger partial charge in [-0.25, -0.2) is 9.37 Å². The molecule has 2 aromatic carbocycles. The third-order valence-corrected chi connectivity index (χ3v) is 7.92. The number of H-pyrrole nitrogens is 1. The van der Waals surface area contributed by atoms with Gasteiger partial charge in [0.1, 0.15) is 11.6 Å². The molecule has 1 spiro atoms. The van der Waals surface area contributed by atoms with Crippen molar-refractivity contribution in [3.63, 3.8) is 0 Å². The summed E-state index contributed by atoms with van der Waals surface area (Å²) < 4.78 is 54.1. The first-order valence-corrected chi connectivity index (χ1v) is 12.1. The molecule has 1 saturated carbocycles. The van der Waals surface area contributed by atoms with E-state index in [2.05, 4.69) is 14.9 Å². The van der Waals surface area contributed by atoms with Gasteiger partial charge in [-0.15, -0.1) is 0 Å². The van der Waals surface area contributed by atoms with Crippen LogP contribution < -0.4 is 4.90 Å². The van der Waals surface area contributed by atoms with Crippen molar-refractivity contribution >= 4 is 16.7 Å². The van der Waals surface area contributed by atoms with E-state index in [1.165, 1.54) is 12.1 Å². The molecule has 0 radical (unpaired) electrons. The van der Waals surface area contributed by atoms with E-state index in [1.807, 2.05) is 6.07 Å². The highest BCUT2D eigenvalue weighted by Crippen LogP contribution is 2.47. The van der Waals surface area contributed by atoms with E-state index in [4.69, 9.17) is 0 Å². The molecule has 2 heterocycles. The summed E-state index contributed by atoms with van der Waals surface area (Å²) in [5, 5.41) is 18.5. The number of anilines is 1. The monoisotopic (exact) mass is 491 g/mol. The van der Waals surface area contributed by atoms with Crippen LogP contribution in [0.25, 0.3) is 22.4 Å². The van der Waals surface area contributed by atoms with Crippen LogP contribution in [0.4, 0.5) is 23.2 Å². The Morgan fingerprint density at radius 3 is 2.37 bits per heavy atom. The van der Waals surface area contributed by atoms with Crippen molar-refractivity contribution in [2.24, 2.45) is 11.3 Å². The maximum Gasteiger partial charge on any atom is 0.416 e. The second-order valence-corrected chi connectivity index (χ2v) is 10.1. The van der Waals surface area contributed by atoms with Crippen LogP contribution in [0.1, 0.15) is 50.5 Å². The summed E-state index contributed by atoms with van der Waals surface area (Å²) >= 11 is 0. The molecule has 0 amide bonds. The van der Waals surface area contributed by atoms with E-state index >= 15 is 4.39 Å². The predicted molar refractivity (Wildman–Crippen MR) is 125 cm³/mol. The normalized spacial score (nSPS) is 19.2. The summed E-state index contributed by atoms with van der Waals surface area (Å²) in [6, 6.07) is 8.18. The lowest BCUT2D eigenvalue weighted by molar-refractivity contribution is -0.137. The second-order valence-electron chi connectivity index (χ2n) is 10.1. The smallest absolute Gasteiger partial charge is 0.371 e. The van der Waals surface area contributed by atoms with E-state index in [-0.39, 0.29) is 22.3 Å². The van der Waals surface area contributed by atoms with Gasteiger partial charge in [0.25, 0.3) is 0 Å². The highest BCUT2D eigenvalue weighted by Gasteiger charge is 2.38. The van der Waals surface area contributed by atoms with Crippen LogP contribution in [0.15, 0.2) is 36.4 Å². The third kappa shape index (κ3) is 5.02. The molecule has 2 aliphatic rings. The van der Waals surface area contributed by atoms with Crippen LogP contribution >= 0.6 is 0 Å². The van der Waals surface area contributed by atoms with Crippen LogP contribution in [-0.4, -0.2) is 39.6 Å². The van der Waals surface area contributed by atoms with Gasteiger partial charge >= 0.3 is 6.18 Å². The van der Waals surface area contributed by atoms with E-state index in [9.17, 15) is 23.4 Å². The number of fused-ring (bicyclic) bond motifs is 1. The summed E-state index contributed by atoms with van der Waals surface area (Å²) in [5.74, 6) is 0.102. The number of hydrogen-bond donors (Lipinski definition) is 3. The minimum absolute atomic E-state index is 0.200. The number of halogens is 4. The van der Waals surface area contributed by atoms with Gasteiger partial charge in [0.15, 0.2) is 6.29 Å². The number of aliphatic hydroxyl groups excluding tert-OH is 1. The fourth-order valence-electron chi connectivity index (χ4n) is 5.77. The molecule has 5 rings (SSSR count). The Kier molecular flexibility index (Phi) is 6.25. The lowest BCUT2D eigenvalue weighted by atomic mass is 9.65. The van der Waals surface area contributed by atoms with Crippen LogP contribution in [0, 0.1) is 17.2 Å². The van der Waals surface area contributed by atoms with Gasteiger partial charge in [-0.05, 0) is 86.3 Å². The third-order valence-electron chi connectivity index (χ3n) is 7.92. The van der Waals surface area contributed by atoms with Crippen molar-refractivity contribution in [1.82, 2.24) is 9.97 Å². The zero-order valence-corrected chi connectivity index (χ0v) is 19.3. The Morgan fingerprint density at radius 2 is 1.74 bits per heavy atom. The largest absolute Gasteiger partial charge is 0.416 e. The van der Waals surface area contributed by atoms with Crippen LogP contribution in [0.3, 0.4) is 0 Å². The summed E-state index contributed by atoms with van der Waals surface area (Å²) in [7, 11) is 0. The number of piperidine rings is 1. The molecule has 1 saturated heterocycles. The van der Waals surface area contributed by atoms with Crippen molar-refractivity contribution in [3.05, 3.63) is 47.8 Å². The number of rotatable bonds is 4. The van der Waals surface area contributed by atoms with Crippen molar-refractivity contribution in [3.8, 4) is 11.4 Å². The number of nitrogens with zero attached hydrogens (tertiary/aromatic N) is 2. The number of imidazole rings is 1. The Morgan fingerprint density at radius 1 is 1.03 bits per heavy atom. The van der Waals surface area contributed by atoms with Gasteiger partial charge in [-0.3, -0.25) is 0 Å². The number of benzene rings is 2. The number of alkyl halides is 3. The Balaban J connectivity index is 1.26. The fourth-order valence-corrected chi connectivity index (χ4v) is 5.77. The molecule has 0 bridgehead atoms. The van der Waals surface area contributed by atoms with Gasteiger partial charge in [0.05, 0.1) is 22.2 Å². The number of aromatic amines is 1. The Bertz CT molecular complexity index is 1190. The minimum Gasteiger partial charge on any atom is -0.371 e. The highest BCUT2D eigenvalue weighted by atomic mass is 19.4. The molecular formula is C26H29F4N3O2. The lowest BCUT2D eigenvalue weighted by Crippen LogP contribution is -2.42. The Labute approximate surface area is 200 Å². The molecule has 9 heteroatoms. The average molecular weight is 492 g/mol. The lowest BCUT2D eigenvalue weighted by Gasteiger charge is -2.46. The summed E-state index contributed by atoms with van der Waals surface area (Å²) in [5.41, 5.74) is 1.07. The SMILES string of the molecule is OC(O)CC1CCC2(CC1)CCN(c1ccc(-c3nc4ccc(C(F)(F)F)cc4[nH]3)c(F)c1)CC2. The highest BCUT2D eigenvalue weighted by molar-refractivity contribution is 5.80. The number of aromatic nitrogens is 2. The summed E-state index contributed by atoms with van der Waals surface area (Å²) in [4.78, 5) is 9.28. The van der Waals surface area contributed by atoms with Crippen molar-refractivity contribution < 1.29 is 27.8 Å². The summed E-state index contributed by atoms with van der Waals surface area (Å²) in [6.07, 6.45) is 1.02. The molecule has 0 atom stereocenters.